The Kier molecular flexibility index (Phi) is 12.7. The Hall–Kier alpha value is -2.00. The molecular formula is C26H38ClN3O4S. The van der Waals surface area contributed by atoms with E-state index in [9.17, 15) is 13.2 Å². The normalized spacial score (nSPS) is 13.3. The second kappa shape index (κ2) is 15.2. The van der Waals surface area contributed by atoms with E-state index in [1.54, 1.807) is 12.3 Å². The molecule has 0 unspecified atom stereocenters. The summed E-state index contributed by atoms with van der Waals surface area (Å²) >= 11 is 6.07. The lowest BCUT2D eigenvalue weighted by Crippen LogP contribution is -2.37. The van der Waals surface area contributed by atoms with Gasteiger partial charge in [-0.3, -0.25) is 14.3 Å². The Morgan fingerprint density at radius 2 is 1.74 bits per heavy atom. The minimum atomic E-state index is -3.66. The van der Waals surface area contributed by atoms with Gasteiger partial charge in [0.15, 0.2) is 0 Å². The number of benzene rings is 1. The predicted octanol–water partition coefficient (Wildman–Crippen LogP) is 5.67. The summed E-state index contributed by atoms with van der Waals surface area (Å²) < 4.78 is 26.9. The molecule has 0 saturated heterocycles. The summed E-state index contributed by atoms with van der Waals surface area (Å²) in [6.45, 7) is 6.08. The first-order valence-electron chi connectivity index (χ1n) is 12.4. The number of carbonyl (C=O) groups is 1. The van der Waals surface area contributed by atoms with Crippen LogP contribution in [0.15, 0.2) is 36.7 Å². The van der Waals surface area contributed by atoms with Crippen LogP contribution < -0.4 is 10.2 Å². The van der Waals surface area contributed by atoms with E-state index in [1.807, 2.05) is 23.2 Å². The predicted molar refractivity (Wildman–Crippen MR) is 143 cm³/mol. The van der Waals surface area contributed by atoms with Gasteiger partial charge < -0.3 is 10.2 Å². The van der Waals surface area contributed by atoms with Crippen LogP contribution in [0.1, 0.15) is 80.3 Å². The maximum atomic E-state index is 12.9. The van der Waals surface area contributed by atoms with E-state index in [1.165, 1.54) is 51.9 Å². The van der Waals surface area contributed by atoms with Crippen molar-refractivity contribution in [2.45, 2.75) is 71.8 Å². The Morgan fingerprint density at radius 3 is 2.43 bits per heavy atom. The Labute approximate surface area is 215 Å². The Bertz CT molecular complexity index is 1050. The van der Waals surface area contributed by atoms with Crippen LogP contribution in [0.3, 0.4) is 0 Å². The summed E-state index contributed by atoms with van der Waals surface area (Å²) in [6, 6.07) is 7.58. The van der Waals surface area contributed by atoms with Gasteiger partial charge in [0.25, 0.3) is 16.0 Å². The van der Waals surface area contributed by atoms with Crippen LogP contribution in [-0.2, 0) is 23.1 Å². The lowest BCUT2D eigenvalue weighted by Gasteiger charge is -2.28. The van der Waals surface area contributed by atoms with Crippen LogP contribution in [0.2, 0.25) is 5.02 Å². The summed E-state index contributed by atoms with van der Waals surface area (Å²) in [5, 5.41) is 4.19. The van der Waals surface area contributed by atoms with Gasteiger partial charge in [0, 0.05) is 29.9 Å². The van der Waals surface area contributed by atoms with E-state index in [-0.39, 0.29) is 11.7 Å². The molecule has 1 amide bonds. The lowest BCUT2D eigenvalue weighted by atomic mass is 9.98. The topological polar surface area (TPSA) is 99.6 Å². The van der Waals surface area contributed by atoms with Crippen molar-refractivity contribution in [1.29, 1.82) is 0 Å². The quantitative estimate of drug-likeness (QED) is 0.274. The van der Waals surface area contributed by atoms with Gasteiger partial charge in [-0.1, -0.05) is 57.0 Å². The van der Waals surface area contributed by atoms with Crippen LogP contribution in [0.25, 0.3) is 0 Å². The first kappa shape index (κ1) is 29.2. The fraction of sp³-hybridized carbons (Fsp3) is 0.538. The molecule has 7 nitrogen and oxygen atoms in total. The highest BCUT2D eigenvalue weighted by molar-refractivity contribution is 7.85. The third kappa shape index (κ3) is 10.7. The SMILES string of the molecule is CCCCCCCCCNCc1cncc(N2CCc3cc(Cl)ccc3C2=O)c1.CCS(=O)(=O)O. The molecule has 1 aromatic heterocycles. The first-order valence-corrected chi connectivity index (χ1v) is 14.4. The van der Waals surface area contributed by atoms with Crippen molar-refractivity contribution in [2.75, 3.05) is 23.7 Å². The van der Waals surface area contributed by atoms with Crippen molar-refractivity contribution in [3.05, 3.63) is 58.4 Å². The van der Waals surface area contributed by atoms with Gasteiger partial charge in [-0.05, 0) is 61.7 Å². The standard InChI is InChI=1S/C24H32ClN3O.C2H6O3S/c1-2-3-4-5-6-7-8-12-26-16-19-14-22(18-27-17-19)28-13-11-20-15-21(25)9-10-23(20)24(28)29;1-2-6(3,4)5/h9-10,14-15,17-18,26H,2-8,11-13,16H2,1H3;2H2,1H3,(H,3,4,5). The number of rotatable bonds is 12. The molecule has 0 spiro atoms. The van der Waals surface area contributed by atoms with Crippen LogP contribution in [0.4, 0.5) is 5.69 Å². The summed E-state index contributed by atoms with van der Waals surface area (Å²) in [7, 11) is -3.66. The van der Waals surface area contributed by atoms with Crippen molar-refractivity contribution in [1.82, 2.24) is 10.3 Å². The van der Waals surface area contributed by atoms with E-state index >= 15 is 0 Å². The van der Waals surface area contributed by atoms with Crippen LogP contribution in [0.5, 0.6) is 0 Å². The highest BCUT2D eigenvalue weighted by atomic mass is 35.5. The molecule has 9 heteroatoms. The number of nitrogens with zero attached hydrogens (tertiary/aromatic N) is 2. The molecule has 1 aliphatic rings. The second-order valence-electron chi connectivity index (χ2n) is 8.73. The number of pyridine rings is 1. The van der Waals surface area contributed by atoms with Crippen molar-refractivity contribution in [2.24, 2.45) is 0 Å². The van der Waals surface area contributed by atoms with E-state index < -0.39 is 10.1 Å². The average molecular weight is 524 g/mol. The van der Waals surface area contributed by atoms with Crippen LogP contribution in [-0.4, -0.2) is 42.7 Å². The maximum Gasteiger partial charge on any atom is 0.264 e. The number of unbranched alkanes of at least 4 members (excludes halogenated alkanes) is 6. The van der Waals surface area contributed by atoms with Gasteiger partial charge in [-0.25, -0.2) is 0 Å². The fourth-order valence-corrected chi connectivity index (χ4v) is 4.06. The van der Waals surface area contributed by atoms with E-state index in [0.717, 1.165) is 41.9 Å². The molecule has 1 aliphatic heterocycles. The number of hydrogen-bond donors (Lipinski definition) is 2. The number of halogens is 1. The highest BCUT2D eigenvalue weighted by Gasteiger charge is 2.25. The van der Waals surface area contributed by atoms with Gasteiger partial charge in [0.2, 0.25) is 0 Å². The molecule has 2 aromatic rings. The molecular weight excluding hydrogens is 486 g/mol. The first-order chi connectivity index (χ1) is 16.7. The zero-order valence-electron chi connectivity index (χ0n) is 20.8. The van der Waals surface area contributed by atoms with E-state index in [2.05, 4.69) is 23.3 Å². The van der Waals surface area contributed by atoms with Gasteiger partial charge in [0.05, 0.1) is 17.6 Å². The molecule has 0 bridgehead atoms. The average Bonchev–Trinajstić information content (AvgIpc) is 2.83. The minimum Gasteiger partial charge on any atom is -0.313 e. The third-order valence-corrected chi connectivity index (χ3v) is 6.86. The van der Waals surface area contributed by atoms with Crippen molar-refractivity contribution in [3.8, 4) is 0 Å². The molecule has 2 N–H and O–H groups in total. The summed E-state index contributed by atoms with van der Waals surface area (Å²) in [5.41, 5.74) is 3.74. The molecule has 0 radical (unpaired) electrons. The zero-order chi connectivity index (χ0) is 25.7. The lowest BCUT2D eigenvalue weighted by molar-refractivity contribution is 0.0980. The molecule has 0 atom stereocenters. The number of aromatic nitrogens is 1. The van der Waals surface area contributed by atoms with Crippen molar-refractivity contribution >= 4 is 33.3 Å². The maximum absolute atomic E-state index is 12.9. The summed E-state index contributed by atoms with van der Waals surface area (Å²) in [4.78, 5) is 19.1. The number of amides is 1. The van der Waals surface area contributed by atoms with Crippen molar-refractivity contribution < 1.29 is 17.8 Å². The monoisotopic (exact) mass is 523 g/mol. The summed E-state index contributed by atoms with van der Waals surface area (Å²) in [5.74, 6) is -0.176. The summed E-state index contributed by atoms with van der Waals surface area (Å²) in [6.07, 6.45) is 13.7. The van der Waals surface area contributed by atoms with Crippen LogP contribution in [0, 0.1) is 0 Å². The highest BCUT2D eigenvalue weighted by Crippen LogP contribution is 2.26. The second-order valence-corrected chi connectivity index (χ2v) is 10.9. The molecule has 194 valence electrons. The molecule has 0 saturated carbocycles. The van der Waals surface area contributed by atoms with E-state index in [0.29, 0.717) is 11.6 Å². The smallest absolute Gasteiger partial charge is 0.264 e. The number of hydrogen-bond acceptors (Lipinski definition) is 5. The third-order valence-electron chi connectivity index (χ3n) is 5.89. The Morgan fingerprint density at radius 1 is 1.06 bits per heavy atom. The van der Waals surface area contributed by atoms with Crippen molar-refractivity contribution in [3.63, 3.8) is 0 Å². The zero-order valence-corrected chi connectivity index (χ0v) is 22.4. The van der Waals surface area contributed by atoms with Gasteiger partial charge in [0.1, 0.15) is 0 Å². The number of anilines is 1. The molecule has 0 aliphatic carbocycles. The minimum absolute atomic E-state index is 0.0258. The fourth-order valence-electron chi connectivity index (χ4n) is 3.86. The van der Waals surface area contributed by atoms with Crippen LogP contribution >= 0.6 is 11.6 Å². The largest absolute Gasteiger partial charge is 0.313 e. The molecule has 35 heavy (non-hydrogen) atoms. The Balaban J connectivity index is 0.000000641. The number of nitrogens with one attached hydrogen (secondary N) is 1. The van der Waals surface area contributed by atoms with Gasteiger partial charge >= 0.3 is 0 Å². The van der Waals surface area contributed by atoms with Gasteiger partial charge in [-0.15, -0.1) is 0 Å². The molecule has 3 rings (SSSR count). The van der Waals surface area contributed by atoms with Gasteiger partial charge in [-0.2, -0.15) is 8.42 Å². The molecule has 0 fully saturated rings. The van der Waals surface area contributed by atoms with E-state index in [4.69, 9.17) is 16.2 Å². The number of carbonyl (C=O) groups excluding carboxylic acids is 1. The molecule has 1 aromatic carbocycles. The number of fused-ring (bicyclic) bond motifs is 1. The molecule has 2 heterocycles.